The minimum Gasteiger partial charge on any atom is -0.359 e. The second kappa shape index (κ2) is 10.0. The molecule has 0 saturated carbocycles. The van der Waals surface area contributed by atoms with E-state index in [0.717, 1.165) is 63.1 Å². The van der Waals surface area contributed by atoms with E-state index in [1.807, 2.05) is 17.7 Å². The highest BCUT2D eigenvalue weighted by molar-refractivity contribution is 5.98. The van der Waals surface area contributed by atoms with Crippen LogP contribution in [0.4, 0.5) is 27.8 Å². The maximum atomic E-state index is 15.0. The standard InChI is InChI=1S/C31H28F5N5/c1-4-18-7-6-8-19(5-2)28(18)41-29(21-9-10-23(32)27-26(21)17(3)14-37-27)22-16-40(12-11-25(22)39-41)30-24(33)13-20(15-38-30)31(34,35)36/h6-10,13-15,37H,4-5,11-12,16H2,1-3H3. The number of hydrogen-bond acceptors (Lipinski definition) is 3. The summed E-state index contributed by atoms with van der Waals surface area (Å²) in [4.78, 5) is 8.56. The summed E-state index contributed by atoms with van der Waals surface area (Å²) in [6.07, 6.45) is -0.305. The smallest absolute Gasteiger partial charge is 0.359 e. The SMILES string of the molecule is CCc1cccc(CC)c1-n1nc2c(c1-c1ccc(F)c3[nH]cc(C)c13)CN(c1ncc(C(F)(F)F)cc1F)CC2. The molecular weight excluding hydrogens is 537 g/mol. The quantitative estimate of drug-likeness (QED) is 0.222. The van der Waals surface area contributed by atoms with Crippen molar-refractivity contribution >= 4 is 16.7 Å². The van der Waals surface area contributed by atoms with Gasteiger partial charge in [0.1, 0.15) is 5.82 Å². The van der Waals surface area contributed by atoms with Crippen molar-refractivity contribution in [2.45, 2.75) is 52.8 Å². The first-order valence-electron chi connectivity index (χ1n) is 13.6. The van der Waals surface area contributed by atoms with Gasteiger partial charge in [-0.15, -0.1) is 0 Å². The Balaban J connectivity index is 1.59. The van der Waals surface area contributed by atoms with E-state index in [1.54, 1.807) is 17.2 Å². The van der Waals surface area contributed by atoms with Gasteiger partial charge in [0, 0.05) is 48.4 Å². The molecule has 5 aromatic rings. The van der Waals surface area contributed by atoms with Crippen molar-refractivity contribution in [2.75, 3.05) is 11.4 Å². The third-order valence-corrected chi connectivity index (χ3v) is 7.90. The van der Waals surface area contributed by atoms with Crippen LogP contribution in [0.3, 0.4) is 0 Å². The van der Waals surface area contributed by atoms with E-state index in [4.69, 9.17) is 5.10 Å². The van der Waals surface area contributed by atoms with Crippen LogP contribution < -0.4 is 4.90 Å². The molecule has 4 heterocycles. The molecule has 1 aliphatic heterocycles. The molecule has 1 N–H and O–H groups in total. The number of nitrogens with one attached hydrogen (secondary N) is 1. The van der Waals surface area contributed by atoms with Gasteiger partial charge in [-0.1, -0.05) is 32.0 Å². The monoisotopic (exact) mass is 565 g/mol. The fourth-order valence-electron chi connectivity index (χ4n) is 5.88. The van der Waals surface area contributed by atoms with Crippen LogP contribution in [0.1, 0.15) is 47.4 Å². The van der Waals surface area contributed by atoms with E-state index in [9.17, 15) is 17.6 Å². The molecule has 1 aliphatic rings. The number of aromatic nitrogens is 4. The fraction of sp³-hybridized carbons (Fsp3) is 0.290. The van der Waals surface area contributed by atoms with Gasteiger partial charge in [0.25, 0.3) is 0 Å². The zero-order valence-corrected chi connectivity index (χ0v) is 22.8. The van der Waals surface area contributed by atoms with Crippen molar-refractivity contribution in [3.8, 4) is 16.9 Å². The van der Waals surface area contributed by atoms with Gasteiger partial charge in [0.2, 0.25) is 0 Å². The molecular formula is C31H28F5N5. The van der Waals surface area contributed by atoms with Crippen LogP contribution in [0.2, 0.25) is 0 Å². The van der Waals surface area contributed by atoms with Crippen molar-refractivity contribution in [3.05, 3.63) is 93.9 Å². The zero-order chi connectivity index (χ0) is 29.1. The lowest BCUT2D eigenvalue weighted by Crippen LogP contribution is -2.32. The van der Waals surface area contributed by atoms with Crippen LogP contribution in [-0.4, -0.2) is 26.3 Å². The number of fused-ring (bicyclic) bond motifs is 2. The molecule has 0 fully saturated rings. The van der Waals surface area contributed by atoms with Crippen LogP contribution in [-0.2, 0) is 32.0 Å². The largest absolute Gasteiger partial charge is 0.417 e. The fourth-order valence-corrected chi connectivity index (χ4v) is 5.88. The molecule has 0 saturated heterocycles. The first kappa shape index (κ1) is 27.0. The first-order valence-corrected chi connectivity index (χ1v) is 13.6. The number of anilines is 1. The molecule has 0 amide bonds. The lowest BCUT2D eigenvalue weighted by molar-refractivity contribution is -0.138. The van der Waals surface area contributed by atoms with E-state index < -0.39 is 17.6 Å². The van der Waals surface area contributed by atoms with Gasteiger partial charge in [-0.05, 0) is 54.7 Å². The summed E-state index contributed by atoms with van der Waals surface area (Å²) in [5.41, 5.74) is 6.39. The van der Waals surface area contributed by atoms with Gasteiger partial charge < -0.3 is 9.88 Å². The minimum atomic E-state index is -4.69. The Labute approximate surface area is 233 Å². The summed E-state index contributed by atoms with van der Waals surface area (Å²) in [5, 5.41) is 5.80. The van der Waals surface area contributed by atoms with Gasteiger partial charge in [-0.2, -0.15) is 18.3 Å². The van der Waals surface area contributed by atoms with Gasteiger partial charge in [0.15, 0.2) is 11.6 Å². The average molecular weight is 566 g/mol. The highest BCUT2D eigenvalue weighted by Gasteiger charge is 2.34. The van der Waals surface area contributed by atoms with Gasteiger partial charge in [-0.3, -0.25) is 0 Å². The third-order valence-electron chi connectivity index (χ3n) is 7.90. The van der Waals surface area contributed by atoms with E-state index >= 15 is 4.39 Å². The highest BCUT2D eigenvalue weighted by atomic mass is 19.4. The second-order valence-electron chi connectivity index (χ2n) is 10.3. The number of alkyl halides is 3. The summed E-state index contributed by atoms with van der Waals surface area (Å²) in [7, 11) is 0. The molecule has 0 spiro atoms. The van der Waals surface area contributed by atoms with Crippen LogP contribution in [0.15, 0.2) is 48.8 Å². The summed E-state index contributed by atoms with van der Waals surface area (Å²) in [6, 6.07) is 9.80. The Morgan fingerprint density at radius 3 is 2.39 bits per heavy atom. The predicted octanol–water partition coefficient (Wildman–Crippen LogP) is 7.71. The van der Waals surface area contributed by atoms with E-state index in [0.29, 0.717) is 30.7 Å². The summed E-state index contributed by atoms with van der Waals surface area (Å²) in [5.74, 6) is -1.56. The van der Waals surface area contributed by atoms with Crippen molar-refractivity contribution in [1.82, 2.24) is 19.7 Å². The molecule has 2 aromatic carbocycles. The van der Waals surface area contributed by atoms with Gasteiger partial charge >= 0.3 is 6.18 Å². The molecule has 10 heteroatoms. The molecule has 212 valence electrons. The lowest BCUT2D eigenvalue weighted by Gasteiger charge is -2.28. The van der Waals surface area contributed by atoms with E-state index in [-0.39, 0.29) is 18.2 Å². The topological polar surface area (TPSA) is 49.7 Å². The maximum Gasteiger partial charge on any atom is 0.417 e. The molecule has 3 aromatic heterocycles. The van der Waals surface area contributed by atoms with Crippen molar-refractivity contribution in [1.29, 1.82) is 0 Å². The van der Waals surface area contributed by atoms with E-state index in [1.165, 1.54) is 6.07 Å². The van der Waals surface area contributed by atoms with Crippen LogP contribution >= 0.6 is 0 Å². The number of halogens is 5. The van der Waals surface area contributed by atoms with Crippen molar-refractivity contribution in [2.24, 2.45) is 0 Å². The first-order chi connectivity index (χ1) is 19.6. The Morgan fingerprint density at radius 2 is 1.73 bits per heavy atom. The van der Waals surface area contributed by atoms with Crippen molar-refractivity contribution < 1.29 is 22.0 Å². The summed E-state index contributed by atoms with van der Waals surface area (Å²) in [6.45, 7) is 6.57. The average Bonchev–Trinajstić information content (AvgIpc) is 3.53. The number of benzene rings is 2. The molecule has 0 radical (unpaired) electrons. The number of rotatable bonds is 5. The Morgan fingerprint density at radius 1 is 1.00 bits per heavy atom. The van der Waals surface area contributed by atoms with E-state index in [2.05, 4.69) is 35.9 Å². The number of aryl methyl sites for hydroxylation is 3. The third kappa shape index (κ3) is 4.45. The summed E-state index contributed by atoms with van der Waals surface area (Å²) >= 11 is 0. The predicted molar refractivity (Wildman–Crippen MR) is 148 cm³/mol. The molecule has 6 rings (SSSR count). The number of aromatic amines is 1. The van der Waals surface area contributed by atoms with Crippen LogP contribution in [0.5, 0.6) is 0 Å². The Bertz CT molecular complexity index is 1760. The lowest BCUT2D eigenvalue weighted by atomic mass is 9.96. The number of nitrogens with zero attached hydrogens (tertiary/aromatic N) is 4. The minimum absolute atomic E-state index is 0.146. The molecule has 0 atom stereocenters. The zero-order valence-electron chi connectivity index (χ0n) is 22.8. The number of pyridine rings is 1. The molecule has 5 nitrogen and oxygen atoms in total. The van der Waals surface area contributed by atoms with Crippen molar-refractivity contribution in [3.63, 3.8) is 0 Å². The molecule has 0 unspecified atom stereocenters. The molecule has 0 bridgehead atoms. The number of para-hydroxylation sites is 1. The Kier molecular flexibility index (Phi) is 6.59. The second-order valence-corrected chi connectivity index (χ2v) is 10.3. The van der Waals surface area contributed by atoms with Crippen LogP contribution in [0, 0.1) is 18.6 Å². The van der Waals surface area contributed by atoms with Gasteiger partial charge in [-0.25, -0.2) is 18.4 Å². The normalized spacial score (nSPS) is 13.7. The number of H-pyrrole nitrogens is 1. The molecule has 0 aliphatic carbocycles. The Hall–Kier alpha value is -4.21. The van der Waals surface area contributed by atoms with Crippen LogP contribution in [0.25, 0.3) is 27.8 Å². The number of hydrogen-bond donors (Lipinski definition) is 1. The van der Waals surface area contributed by atoms with Gasteiger partial charge in [0.05, 0.1) is 28.2 Å². The maximum absolute atomic E-state index is 15.0. The highest BCUT2D eigenvalue weighted by Crippen LogP contribution is 2.41. The summed E-state index contributed by atoms with van der Waals surface area (Å²) < 4.78 is 71.3. The molecule has 41 heavy (non-hydrogen) atoms.